The summed E-state index contributed by atoms with van der Waals surface area (Å²) < 4.78 is 5.06. The van der Waals surface area contributed by atoms with Gasteiger partial charge < -0.3 is 15.2 Å². The van der Waals surface area contributed by atoms with Gasteiger partial charge in [-0.1, -0.05) is 39.5 Å². The average molecular weight is 293 g/mol. The van der Waals surface area contributed by atoms with Crippen molar-refractivity contribution in [3.8, 4) is 11.5 Å². The Bertz CT molecular complexity index is 444. The molecule has 0 aromatic heterocycles. The van der Waals surface area contributed by atoms with E-state index in [2.05, 4.69) is 19.2 Å². The van der Waals surface area contributed by atoms with Crippen LogP contribution < -0.4 is 10.1 Å². The average Bonchev–Trinajstić information content (AvgIpc) is 2.46. The highest BCUT2D eigenvalue weighted by molar-refractivity contribution is 5.97. The minimum absolute atomic E-state index is 0.0229. The van der Waals surface area contributed by atoms with Crippen molar-refractivity contribution in [2.45, 2.75) is 46.0 Å². The van der Waals surface area contributed by atoms with Crippen LogP contribution in [0.5, 0.6) is 11.5 Å². The molecule has 118 valence electrons. The second kappa shape index (κ2) is 9.27. The smallest absolute Gasteiger partial charge is 0.255 e. The van der Waals surface area contributed by atoms with Crippen molar-refractivity contribution in [1.29, 1.82) is 0 Å². The van der Waals surface area contributed by atoms with E-state index in [-0.39, 0.29) is 17.2 Å². The summed E-state index contributed by atoms with van der Waals surface area (Å²) in [7, 11) is 1.53. The molecule has 0 saturated carbocycles. The number of amides is 1. The Morgan fingerprint density at radius 1 is 1.24 bits per heavy atom. The number of hydrogen-bond donors (Lipinski definition) is 2. The predicted molar refractivity (Wildman–Crippen MR) is 84.9 cm³/mol. The zero-order chi connectivity index (χ0) is 15.7. The van der Waals surface area contributed by atoms with Crippen LogP contribution in [0.25, 0.3) is 0 Å². The molecular weight excluding hydrogens is 266 g/mol. The Hall–Kier alpha value is -1.71. The first-order chi connectivity index (χ1) is 10.0. The van der Waals surface area contributed by atoms with E-state index in [4.69, 9.17) is 4.74 Å². The van der Waals surface area contributed by atoms with Crippen molar-refractivity contribution < 1.29 is 14.6 Å². The first-order valence-electron chi connectivity index (χ1n) is 7.69. The fraction of sp³-hybridized carbons (Fsp3) is 0.588. The molecule has 1 aromatic carbocycles. The largest absolute Gasteiger partial charge is 0.507 e. The lowest BCUT2D eigenvalue weighted by atomic mass is 10.0. The molecule has 0 aliphatic carbocycles. The molecule has 0 bridgehead atoms. The third-order valence-corrected chi connectivity index (χ3v) is 3.44. The predicted octanol–water partition coefficient (Wildman–Crippen LogP) is 3.74. The summed E-state index contributed by atoms with van der Waals surface area (Å²) in [6.07, 6.45) is 5.82. The Morgan fingerprint density at radius 3 is 2.62 bits per heavy atom. The van der Waals surface area contributed by atoms with Gasteiger partial charge in [-0.2, -0.15) is 0 Å². The van der Waals surface area contributed by atoms with E-state index < -0.39 is 0 Å². The van der Waals surface area contributed by atoms with Gasteiger partial charge in [-0.05, 0) is 30.5 Å². The van der Waals surface area contributed by atoms with Crippen LogP contribution >= 0.6 is 0 Å². The van der Waals surface area contributed by atoms with Gasteiger partial charge in [-0.25, -0.2) is 0 Å². The second-order valence-electron chi connectivity index (χ2n) is 5.74. The van der Waals surface area contributed by atoms with Crippen molar-refractivity contribution in [2.75, 3.05) is 13.7 Å². The quantitative estimate of drug-likeness (QED) is 0.682. The van der Waals surface area contributed by atoms with E-state index in [9.17, 15) is 9.90 Å². The molecule has 4 nitrogen and oxygen atoms in total. The molecule has 0 fully saturated rings. The Labute approximate surface area is 127 Å². The zero-order valence-electron chi connectivity index (χ0n) is 13.3. The van der Waals surface area contributed by atoms with Crippen molar-refractivity contribution >= 4 is 5.91 Å². The van der Waals surface area contributed by atoms with Crippen LogP contribution in [0.1, 0.15) is 56.3 Å². The minimum atomic E-state index is -0.256. The number of phenols is 1. The second-order valence-corrected chi connectivity index (χ2v) is 5.74. The molecule has 1 rings (SSSR count). The maximum atomic E-state index is 12.0. The van der Waals surface area contributed by atoms with Gasteiger partial charge in [-0.15, -0.1) is 0 Å². The van der Waals surface area contributed by atoms with E-state index in [1.54, 1.807) is 12.1 Å². The molecule has 0 saturated heterocycles. The topological polar surface area (TPSA) is 58.6 Å². The normalized spacial score (nSPS) is 10.7. The lowest BCUT2D eigenvalue weighted by Gasteiger charge is -2.09. The number of benzene rings is 1. The molecule has 1 aromatic rings. The summed E-state index contributed by atoms with van der Waals surface area (Å²) in [6.45, 7) is 5.11. The van der Waals surface area contributed by atoms with Crippen molar-refractivity contribution in [1.82, 2.24) is 5.32 Å². The third kappa shape index (κ3) is 6.52. The number of rotatable bonds is 9. The molecule has 0 aliphatic heterocycles. The van der Waals surface area contributed by atoms with Gasteiger partial charge in [-0.3, -0.25) is 4.79 Å². The number of unbranched alkanes of at least 4 members (excludes halogenated alkanes) is 3. The molecule has 0 radical (unpaired) electrons. The van der Waals surface area contributed by atoms with E-state index in [0.717, 1.165) is 18.8 Å². The van der Waals surface area contributed by atoms with Crippen LogP contribution in [-0.4, -0.2) is 24.7 Å². The highest BCUT2D eigenvalue weighted by atomic mass is 16.5. The van der Waals surface area contributed by atoms with Gasteiger partial charge >= 0.3 is 0 Å². The molecular formula is C17H27NO3. The van der Waals surface area contributed by atoms with E-state index in [1.165, 1.54) is 32.4 Å². The van der Waals surface area contributed by atoms with Gasteiger partial charge in [0.05, 0.1) is 12.7 Å². The molecule has 1 amide bonds. The van der Waals surface area contributed by atoms with Gasteiger partial charge in [0.25, 0.3) is 5.91 Å². The summed E-state index contributed by atoms with van der Waals surface area (Å²) in [5.41, 5.74) is 0.258. The maximum absolute atomic E-state index is 12.0. The summed E-state index contributed by atoms with van der Waals surface area (Å²) in [5.74, 6) is 1.05. The number of nitrogens with one attached hydrogen (secondary N) is 1. The lowest BCUT2D eigenvalue weighted by Crippen LogP contribution is -2.24. The fourth-order valence-corrected chi connectivity index (χ4v) is 2.15. The molecule has 0 atom stereocenters. The summed E-state index contributed by atoms with van der Waals surface area (Å²) in [4.78, 5) is 12.0. The zero-order valence-corrected chi connectivity index (χ0v) is 13.3. The Kier molecular flexibility index (Phi) is 7.65. The van der Waals surface area contributed by atoms with Gasteiger partial charge in [0.15, 0.2) is 0 Å². The standard InChI is InChI=1S/C17H27NO3/c1-13(2)8-6-4-5-7-11-18-17(20)15-12-14(21-3)9-10-16(15)19/h9-10,12-13,19H,4-8,11H2,1-3H3,(H,18,20). The number of carbonyl (C=O) groups excluding carboxylic acids is 1. The summed E-state index contributed by atoms with van der Waals surface area (Å²) >= 11 is 0. The highest BCUT2D eigenvalue weighted by Crippen LogP contribution is 2.22. The Balaban J connectivity index is 2.28. The van der Waals surface area contributed by atoms with Crippen LogP contribution in [0.2, 0.25) is 0 Å². The van der Waals surface area contributed by atoms with Gasteiger partial charge in [0.2, 0.25) is 0 Å². The number of hydrogen-bond acceptors (Lipinski definition) is 3. The van der Waals surface area contributed by atoms with E-state index in [1.807, 2.05) is 0 Å². The molecule has 2 N–H and O–H groups in total. The lowest BCUT2D eigenvalue weighted by molar-refractivity contribution is 0.0950. The SMILES string of the molecule is COc1ccc(O)c(C(=O)NCCCCCCC(C)C)c1. The van der Waals surface area contributed by atoms with Crippen LogP contribution in [0.15, 0.2) is 18.2 Å². The van der Waals surface area contributed by atoms with Crippen molar-refractivity contribution in [3.05, 3.63) is 23.8 Å². The minimum Gasteiger partial charge on any atom is -0.507 e. The number of aromatic hydroxyl groups is 1. The molecule has 0 spiro atoms. The summed E-state index contributed by atoms with van der Waals surface area (Å²) in [6, 6.07) is 4.65. The van der Waals surface area contributed by atoms with E-state index in [0.29, 0.717) is 12.3 Å². The first kappa shape index (κ1) is 17.3. The number of methoxy groups -OCH3 is 1. The van der Waals surface area contributed by atoms with E-state index >= 15 is 0 Å². The molecule has 0 heterocycles. The van der Waals surface area contributed by atoms with Crippen LogP contribution in [0.4, 0.5) is 0 Å². The van der Waals surface area contributed by atoms with Crippen LogP contribution in [0.3, 0.4) is 0 Å². The highest BCUT2D eigenvalue weighted by Gasteiger charge is 2.11. The van der Waals surface area contributed by atoms with Crippen molar-refractivity contribution in [3.63, 3.8) is 0 Å². The monoisotopic (exact) mass is 293 g/mol. The molecule has 4 heteroatoms. The fourth-order valence-electron chi connectivity index (χ4n) is 2.15. The number of carbonyl (C=O) groups is 1. The van der Waals surface area contributed by atoms with Crippen LogP contribution in [0, 0.1) is 5.92 Å². The molecule has 21 heavy (non-hydrogen) atoms. The maximum Gasteiger partial charge on any atom is 0.255 e. The third-order valence-electron chi connectivity index (χ3n) is 3.44. The summed E-state index contributed by atoms with van der Waals surface area (Å²) in [5, 5.41) is 12.5. The molecule has 0 aliphatic rings. The first-order valence-corrected chi connectivity index (χ1v) is 7.69. The Morgan fingerprint density at radius 2 is 1.95 bits per heavy atom. The number of ether oxygens (including phenoxy) is 1. The van der Waals surface area contributed by atoms with Crippen LogP contribution in [-0.2, 0) is 0 Å². The van der Waals surface area contributed by atoms with Crippen molar-refractivity contribution in [2.24, 2.45) is 5.92 Å². The molecule has 0 unspecified atom stereocenters. The van der Waals surface area contributed by atoms with Gasteiger partial charge in [0.1, 0.15) is 11.5 Å². The van der Waals surface area contributed by atoms with Gasteiger partial charge in [0, 0.05) is 6.54 Å². The number of phenolic OH excluding ortho intramolecular Hbond substituents is 1.